The number of piperidine rings is 1. The lowest BCUT2D eigenvalue weighted by Crippen LogP contribution is -2.42. The molecule has 0 amide bonds. The lowest BCUT2D eigenvalue weighted by molar-refractivity contribution is 0.108. The van der Waals surface area contributed by atoms with Crippen molar-refractivity contribution in [3.05, 3.63) is 66.0 Å². The summed E-state index contributed by atoms with van der Waals surface area (Å²) in [6.45, 7) is 0.701. The lowest BCUT2D eigenvalue weighted by Gasteiger charge is -2.27. The number of hydrogen-bond acceptors (Lipinski definition) is 8. The van der Waals surface area contributed by atoms with Crippen molar-refractivity contribution in [1.82, 2.24) is 19.3 Å². The second-order valence-corrected chi connectivity index (χ2v) is 11.3. The van der Waals surface area contributed by atoms with Gasteiger partial charge in [-0.3, -0.25) is 0 Å². The molecule has 9 nitrogen and oxygen atoms in total. The molecular weight excluding hydrogens is 484 g/mol. The van der Waals surface area contributed by atoms with Gasteiger partial charge in [-0.25, -0.2) is 23.4 Å². The Morgan fingerprint density at radius 2 is 1.83 bits per heavy atom. The van der Waals surface area contributed by atoms with E-state index < -0.39 is 10.0 Å². The molecule has 3 heterocycles. The number of fused-ring (bicyclic) bond motifs is 1. The molecule has 1 aliphatic rings. The molecule has 35 heavy (non-hydrogen) atoms. The minimum atomic E-state index is -3.59. The van der Waals surface area contributed by atoms with Crippen molar-refractivity contribution in [3.63, 3.8) is 0 Å². The maximum absolute atomic E-state index is 12.9. The largest absolute Gasteiger partial charge is 0.442 e. The van der Waals surface area contributed by atoms with Gasteiger partial charge in [0.1, 0.15) is 0 Å². The van der Waals surface area contributed by atoms with Crippen LogP contribution in [0.3, 0.4) is 0 Å². The zero-order valence-electron chi connectivity index (χ0n) is 18.8. The van der Waals surface area contributed by atoms with Gasteiger partial charge in [-0.05, 0) is 48.4 Å². The van der Waals surface area contributed by atoms with Gasteiger partial charge in [-0.1, -0.05) is 29.6 Å². The van der Waals surface area contributed by atoms with Crippen molar-refractivity contribution >= 4 is 60.5 Å². The second kappa shape index (κ2) is 9.70. The average molecular weight is 510 g/mol. The molecular formula is C24H25N6O3S2+. The lowest BCUT2D eigenvalue weighted by atomic mass is 10.1. The van der Waals surface area contributed by atoms with Crippen LogP contribution in [0.2, 0.25) is 0 Å². The van der Waals surface area contributed by atoms with Crippen molar-refractivity contribution in [3.8, 4) is 0 Å². The molecule has 0 radical (unpaired) electrons. The van der Waals surface area contributed by atoms with Gasteiger partial charge in [-0.2, -0.15) is 4.31 Å². The minimum absolute atomic E-state index is 0.220. The zero-order chi connectivity index (χ0) is 24.4. The number of benzene rings is 2. The standard InChI is InChI=1S/C24H24N6O3S2/c25-23-29-21-10-5-16(12-22(21)34-23)3-4-17-13-26-24(27-14-17)28-18-6-8-20(9-7-18)35(32,33)30-11-1-2-19(31)15-30/h3-10,12-14,19,31H,1-2,11,15H2,(H2,25,29)(H,26,27,28)/p+1/b4-3+. The number of nitrogens with one attached hydrogen (secondary N) is 1. The summed E-state index contributed by atoms with van der Waals surface area (Å²) in [6.07, 6.45) is 8.41. The number of nitrogen functional groups attached to an aromatic ring is 1. The first-order valence-corrected chi connectivity index (χ1v) is 13.4. The quantitative estimate of drug-likeness (QED) is 0.380. The highest BCUT2D eigenvalue weighted by Crippen LogP contribution is 2.26. The van der Waals surface area contributed by atoms with Crippen LogP contribution in [0.4, 0.5) is 16.8 Å². The highest BCUT2D eigenvalue weighted by molar-refractivity contribution is 7.89. The van der Waals surface area contributed by atoms with Crippen molar-refractivity contribution < 1.29 is 13.5 Å². The summed E-state index contributed by atoms with van der Waals surface area (Å²) in [5.74, 6) is 0.410. The van der Waals surface area contributed by atoms with Crippen LogP contribution < -0.4 is 11.1 Å². The maximum Gasteiger partial charge on any atom is 0.243 e. The van der Waals surface area contributed by atoms with Gasteiger partial charge in [0.05, 0.1) is 21.7 Å². The monoisotopic (exact) mass is 509 g/mol. The van der Waals surface area contributed by atoms with E-state index in [1.165, 1.54) is 15.6 Å². The summed E-state index contributed by atoms with van der Waals surface area (Å²) in [5.41, 5.74) is 9.21. The van der Waals surface area contributed by atoms with Gasteiger partial charge in [-0.15, -0.1) is 0 Å². The van der Waals surface area contributed by atoms with Crippen LogP contribution in [-0.4, -0.2) is 52.0 Å². The molecule has 0 spiro atoms. The van der Waals surface area contributed by atoms with Crippen LogP contribution in [0, 0.1) is 0 Å². The number of aromatic nitrogens is 3. The highest BCUT2D eigenvalue weighted by atomic mass is 32.2. The first-order valence-electron chi connectivity index (χ1n) is 11.1. The second-order valence-electron chi connectivity index (χ2n) is 8.30. The summed E-state index contributed by atoms with van der Waals surface area (Å²) < 4.78 is 28.1. The minimum Gasteiger partial charge on any atom is -0.442 e. The van der Waals surface area contributed by atoms with Crippen LogP contribution in [0.25, 0.3) is 22.4 Å². The summed E-state index contributed by atoms with van der Waals surface area (Å²) in [4.78, 5) is 13.2. The Kier molecular flexibility index (Phi) is 6.48. The molecule has 1 aliphatic heterocycles. The fourth-order valence-corrected chi connectivity index (χ4v) is 6.20. The summed E-state index contributed by atoms with van der Waals surface area (Å²) >= 11 is 1.46. The number of rotatable bonds is 6. The molecule has 0 bridgehead atoms. The highest BCUT2D eigenvalue weighted by Gasteiger charge is 2.31. The molecule has 5 N–H and O–H groups in total. The summed E-state index contributed by atoms with van der Waals surface area (Å²) in [6, 6.07) is 12.5. The van der Waals surface area contributed by atoms with E-state index in [2.05, 4.69) is 20.3 Å². The number of thiazole rings is 1. The molecule has 1 saturated heterocycles. The van der Waals surface area contributed by atoms with E-state index in [9.17, 15) is 8.42 Å². The van der Waals surface area contributed by atoms with Crippen molar-refractivity contribution in [1.29, 1.82) is 0 Å². The number of hydrogen-bond donors (Lipinski definition) is 2. The van der Waals surface area contributed by atoms with Crippen LogP contribution in [-0.2, 0) is 10.0 Å². The van der Waals surface area contributed by atoms with Crippen LogP contribution in [0.15, 0.2) is 59.8 Å². The first-order chi connectivity index (χ1) is 16.9. The van der Waals surface area contributed by atoms with E-state index in [0.29, 0.717) is 29.7 Å². The topological polar surface area (TPSA) is 137 Å². The fraction of sp³-hybridized carbons (Fsp3) is 0.208. The Morgan fingerprint density at radius 1 is 1.09 bits per heavy atom. The zero-order valence-corrected chi connectivity index (χ0v) is 20.4. The van der Waals surface area contributed by atoms with E-state index in [-0.39, 0.29) is 17.5 Å². The third-order valence-corrected chi connectivity index (χ3v) is 8.43. The number of anilines is 3. The Hall–Kier alpha value is -3.38. The predicted molar refractivity (Wildman–Crippen MR) is 140 cm³/mol. The van der Waals surface area contributed by atoms with Gasteiger partial charge < -0.3 is 16.2 Å². The van der Waals surface area contributed by atoms with Crippen molar-refractivity contribution in [2.24, 2.45) is 0 Å². The SMILES string of the molecule is Nc1nc2ccc(/C=C/c3cnc(Nc4ccc(S(=O)(=O)N5CCCC([OH2+])C5)cc4)nc3)cc2s1. The van der Waals surface area contributed by atoms with E-state index in [1.807, 2.05) is 30.4 Å². The Balaban J connectivity index is 1.23. The molecule has 1 atom stereocenters. The molecule has 5 rings (SSSR count). The molecule has 180 valence electrons. The Morgan fingerprint density at radius 3 is 2.57 bits per heavy atom. The van der Waals surface area contributed by atoms with E-state index >= 15 is 0 Å². The average Bonchev–Trinajstić information content (AvgIpc) is 3.23. The Labute approximate surface area is 207 Å². The normalized spacial score (nSPS) is 17.2. The summed E-state index contributed by atoms with van der Waals surface area (Å²) in [7, 11) is -3.59. The van der Waals surface area contributed by atoms with Gasteiger partial charge >= 0.3 is 0 Å². The van der Waals surface area contributed by atoms with Crippen LogP contribution in [0.1, 0.15) is 24.0 Å². The maximum atomic E-state index is 12.9. The fourth-order valence-electron chi connectivity index (χ4n) is 3.89. The van der Waals surface area contributed by atoms with Crippen LogP contribution >= 0.6 is 11.3 Å². The third-order valence-electron chi connectivity index (χ3n) is 5.70. The third kappa shape index (κ3) is 5.33. The predicted octanol–water partition coefficient (Wildman–Crippen LogP) is 3.46. The van der Waals surface area contributed by atoms with E-state index in [1.54, 1.807) is 36.7 Å². The number of nitrogens with two attached hydrogens (primary N) is 1. The number of nitrogens with zero attached hydrogens (tertiary/aromatic N) is 4. The van der Waals surface area contributed by atoms with Gasteiger partial charge in [0, 0.05) is 36.6 Å². The number of sulfonamides is 1. The van der Waals surface area contributed by atoms with Gasteiger partial charge in [0.2, 0.25) is 16.0 Å². The Bertz CT molecular complexity index is 1470. The van der Waals surface area contributed by atoms with Gasteiger partial charge in [0.25, 0.3) is 0 Å². The first kappa shape index (κ1) is 23.4. The molecule has 2 aromatic carbocycles. The molecule has 0 saturated carbocycles. The smallest absolute Gasteiger partial charge is 0.243 e. The molecule has 11 heteroatoms. The molecule has 0 aliphatic carbocycles. The van der Waals surface area contributed by atoms with Crippen molar-refractivity contribution in [2.75, 3.05) is 24.1 Å². The van der Waals surface area contributed by atoms with Gasteiger partial charge in [0.15, 0.2) is 11.2 Å². The molecule has 1 unspecified atom stereocenters. The molecule has 2 aromatic heterocycles. The summed E-state index contributed by atoms with van der Waals surface area (Å²) in [5, 5.41) is 11.5. The van der Waals surface area contributed by atoms with E-state index in [0.717, 1.165) is 27.8 Å². The molecule has 4 aromatic rings. The van der Waals surface area contributed by atoms with E-state index in [4.69, 9.17) is 10.8 Å². The molecule has 1 fully saturated rings. The van der Waals surface area contributed by atoms with Crippen LogP contribution in [0.5, 0.6) is 0 Å². The van der Waals surface area contributed by atoms with Crippen molar-refractivity contribution in [2.45, 2.75) is 23.8 Å².